The van der Waals surface area contributed by atoms with Gasteiger partial charge in [0.1, 0.15) is 5.75 Å². The number of hydrazine groups is 1. The molecule has 0 fully saturated rings. The fourth-order valence-corrected chi connectivity index (χ4v) is 1.69. The van der Waals surface area contributed by atoms with Crippen LogP contribution in [0.15, 0.2) is 30.5 Å². The summed E-state index contributed by atoms with van der Waals surface area (Å²) in [4.78, 5) is 11.2. The van der Waals surface area contributed by atoms with E-state index in [9.17, 15) is 4.79 Å². The number of hydrogen-bond acceptors (Lipinski definition) is 4. The number of benzene rings is 1. The molecule has 1 amide bonds. The highest BCUT2D eigenvalue weighted by Crippen LogP contribution is 2.27. The minimum Gasteiger partial charge on any atom is -0.470 e. The van der Waals surface area contributed by atoms with Crippen LogP contribution in [-0.4, -0.2) is 15.7 Å². The third-order valence-electron chi connectivity index (χ3n) is 2.25. The molecule has 3 N–H and O–H groups in total. The van der Waals surface area contributed by atoms with Crippen molar-refractivity contribution in [3.63, 3.8) is 0 Å². The van der Waals surface area contributed by atoms with Gasteiger partial charge in [0.25, 0.3) is 5.91 Å². The first-order valence-electron chi connectivity index (χ1n) is 5.22. The quantitative estimate of drug-likeness (QED) is 0.513. The molecular weight excluding hydrogens is 291 g/mol. The van der Waals surface area contributed by atoms with Crippen LogP contribution < -0.4 is 16.0 Å². The number of nitrogens with one attached hydrogen (secondary N) is 1. The average molecular weight is 301 g/mol. The zero-order chi connectivity index (χ0) is 13.8. The Labute approximate surface area is 119 Å². The van der Waals surface area contributed by atoms with E-state index in [2.05, 4.69) is 5.10 Å². The predicted molar refractivity (Wildman–Crippen MR) is 71.0 cm³/mol. The van der Waals surface area contributed by atoms with Gasteiger partial charge < -0.3 is 4.74 Å². The maximum absolute atomic E-state index is 11.2. The van der Waals surface area contributed by atoms with Crippen molar-refractivity contribution in [2.45, 2.75) is 6.73 Å². The summed E-state index contributed by atoms with van der Waals surface area (Å²) in [6, 6.07) is 6.41. The van der Waals surface area contributed by atoms with Crippen molar-refractivity contribution in [3.8, 4) is 5.75 Å². The van der Waals surface area contributed by atoms with E-state index in [0.29, 0.717) is 15.8 Å². The van der Waals surface area contributed by atoms with Gasteiger partial charge in [-0.15, -0.1) is 0 Å². The molecule has 1 aromatic heterocycles. The molecule has 0 unspecified atom stereocenters. The Morgan fingerprint density at radius 2 is 2.21 bits per heavy atom. The molecule has 0 radical (unpaired) electrons. The van der Waals surface area contributed by atoms with E-state index >= 15 is 0 Å². The van der Waals surface area contributed by atoms with Crippen LogP contribution in [0.1, 0.15) is 10.5 Å². The van der Waals surface area contributed by atoms with Gasteiger partial charge in [0.15, 0.2) is 12.4 Å². The Morgan fingerprint density at radius 3 is 2.95 bits per heavy atom. The first-order valence-corrected chi connectivity index (χ1v) is 5.98. The van der Waals surface area contributed by atoms with E-state index < -0.39 is 5.91 Å². The molecule has 8 heteroatoms. The van der Waals surface area contributed by atoms with E-state index in [1.165, 1.54) is 10.7 Å². The highest BCUT2D eigenvalue weighted by Gasteiger charge is 2.08. The molecule has 2 rings (SSSR count). The Bertz CT molecular complexity index is 600. The molecule has 6 nitrogen and oxygen atoms in total. The second kappa shape index (κ2) is 5.92. The lowest BCUT2D eigenvalue weighted by molar-refractivity contribution is 0.0946. The van der Waals surface area contributed by atoms with Crippen LogP contribution in [0.2, 0.25) is 10.0 Å². The molecule has 0 bridgehead atoms. The Kier molecular flexibility index (Phi) is 4.26. The van der Waals surface area contributed by atoms with Crippen LogP contribution in [0.3, 0.4) is 0 Å². The van der Waals surface area contributed by atoms with Crippen molar-refractivity contribution in [2.24, 2.45) is 5.84 Å². The highest BCUT2D eigenvalue weighted by molar-refractivity contribution is 6.34. The summed E-state index contributed by atoms with van der Waals surface area (Å²) in [5.41, 5.74) is 2.19. The number of hydrogen-bond donors (Lipinski definition) is 2. The number of ether oxygens (including phenoxy) is 1. The average Bonchev–Trinajstić information content (AvgIpc) is 2.88. The minimum atomic E-state index is -0.473. The molecule has 100 valence electrons. The Morgan fingerprint density at radius 1 is 1.42 bits per heavy atom. The molecule has 0 saturated heterocycles. The highest BCUT2D eigenvalue weighted by atomic mass is 35.5. The van der Waals surface area contributed by atoms with Gasteiger partial charge in [-0.25, -0.2) is 10.5 Å². The van der Waals surface area contributed by atoms with Crippen LogP contribution >= 0.6 is 23.2 Å². The molecule has 0 aliphatic rings. The normalized spacial score (nSPS) is 10.3. The number of rotatable bonds is 4. The number of halogens is 2. The Balaban J connectivity index is 2.04. The summed E-state index contributed by atoms with van der Waals surface area (Å²) in [6.07, 6.45) is 1.59. The summed E-state index contributed by atoms with van der Waals surface area (Å²) in [5.74, 6) is 4.97. The molecule has 0 spiro atoms. The number of nitrogens with two attached hydrogens (primary N) is 1. The largest absolute Gasteiger partial charge is 0.470 e. The Hall–Kier alpha value is -1.76. The van der Waals surface area contributed by atoms with Crippen LogP contribution in [-0.2, 0) is 6.73 Å². The van der Waals surface area contributed by atoms with E-state index in [1.807, 2.05) is 5.43 Å². The summed E-state index contributed by atoms with van der Waals surface area (Å²) in [6.45, 7) is 0.0952. The van der Waals surface area contributed by atoms with Gasteiger partial charge >= 0.3 is 0 Å². The molecule has 1 aromatic carbocycles. The van der Waals surface area contributed by atoms with Gasteiger partial charge in [-0.2, -0.15) is 5.10 Å². The molecule has 19 heavy (non-hydrogen) atoms. The first kappa shape index (κ1) is 13.7. The maximum atomic E-state index is 11.2. The lowest BCUT2D eigenvalue weighted by atomic mass is 10.3. The third-order valence-corrected chi connectivity index (χ3v) is 2.80. The second-order valence-corrected chi connectivity index (χ2v) is 4.41. The van der Waals surface area contributed by atoms with Crippen molar-refractivity contribution in [3.05, 3.63) is 46.2 Å². The smallest absolute Gasteiger partial charge is 0.285 e. The lowest BCUT2D eigenvalue weighted by Gasteiger charge is -2.08. The van der Waals surface area contributed by atoms with Gasteiger partial charge in [-0.3, -0.25) is 10.2 Å². The second-order valence-electron chi connectivity index (χ2n) is 3.56. The van der Waals surface area contributed by atoms with Crippen molar-refractivity contribution in [2.75, 3.05) is 0 Å². The van der Waals surface area contributed by atoms with Gasteiger partial charge in [0.2, 0.25) is 0 Å². The summed E-state index contributed by atoms with van der Waals surface area (Å²) < 4.78 is 6.88. The van der Waals surface area contributed by atoms with Crippen LogP contribution in [0, 0.1) is 0 Å². The van der Waals surface area contributed by atoms with E-state index in [4.69, 9.17) is 33.8 Å². The van der Waals surface area contributed by atoms with Crippen LogP contribution in [0.25, 0.3) is 0 Å². The zero-order valence-corrected chi connectivity index (χ0v) is 11.1. The molecular formula is C11H10Cl2N4O2. The van der Waals surface area contributed by atoms with Crippen molar-refractivity contribution >= 4 is 29.1 Å². The van der Waals surface area contributed by atoms with Crippen molar-refractivity contribution in [1.82, 2.24) is 15.2 Å². The van der Waals surface area contributed by atoms with Crippen molar-refractivity contribution < 1.29 is 9.53 Å². The fourth-order valence-electron chi connectivity index (χ4n) is 1.35. The van der Waals surface area contributed by atoms with Gasteiger partial charge in [-0.1, -0.05) is 23.2 Å². The number of aromatic nitrogens is 2. The summed E-state index contributed by atoms with van der Waals surface area (Å²) in [5, 5.41) is 4.93. The number of carbonyl (C=O) groups is 1. The van der Waals surface area contributed by atoms with Crippen LogP contribution in [0.4, 0.5) is 0 Å². The number of carbonyl (C=O) groups excluding carboxylic acids is 1. The maximum Gasteiger partial charge on any atom is 0.285 e. The number of amides is 1. The number of nitrogens with zero attached hydrogens (tertiary/aromatic N) is 2. The van der Waals surface area contributed by atoms with E-state index in [1.54, 1.807) is 24.4 Å². The summed E-state index contributed by atoms with van der Waals surface area (Å²) in [7, 11) is 0. The lowest BCUT2D eigenvalue weighted by Crippen LogP contribution is -2.30. The fraction of sp³-hybridized carbons (Fsp3) is 0.0909. The first-order chi connectivity index (χ1) is 9.10. The molecule has 0 atom stereocenters. The molecule has 0 saturated carbocycles. The van der Waals surface area contributed by atoms with Gasteiger partial charge in [-0.05, 0) is 18.2 Å². The summed E-state index contributed by atoms with van der Waals surface area (Å²) >= 11 is 11.8. The standard InChI is InChI=1S/C11H10Cl2N4O2/c12-7-1-2-8(13)10(5-7)19-6-17-4-3-9(16-17)11(18)15-14/h1-5H,6,14H2,(H,15,18). The minimum absolute atomic E-state index is 0.0952. The molecule has 0 aliphatic carbocycles. The van der Waals surface area contributed by atoms with Crippen LogP contribution in [0.5, 0.6) is 5.75 Å². The number of nitrogen functional groups attached to an aromatic ring is 1. The molecule has 0 aliphatic heterocycles. The monoisotopic (exact) mass is 300 g/mol. The molecule has 2 aromatic rings. The van der Waals surface area contributed by atoms with Gasteiger partial charge in [0, 0.05) is 17.3 Å². The topological polar surface area (TPSA) is 82.2 Å². The molecule has 1 heterocycles. The zero-order valence-electron chi connectivity index (χ0n) is 9.64. The van der Waals surface area contributed by atoms with Gasteiger partial charge in [0.05, 0.1) is 5.02 Å². The SMILES string of the molecule is NNC(=O)c1ccn(COc2cc(Cl)ccc2Cl)n1. The van der Waals surface area contributed by atoms with E-state index in [-0.39, 0.29) is 12.4 Å². The van der Waals surface area contributed by atoms with E-state index in [0.717, 1.165) is 0 Å². The third kappa shape index (κ3) is 3.37. The predicted octanol–water partition coefficient (Wildman–Crippen LogP) is 1.83. The van der Waals surface area contributed by atoms with Crippen molar-refractivity contribution in [1.29, 1.82) is 0 Å².